The van der Waals surface area contributed by atoms with Crippen molar-refractivity contribution in [2.75, 3.05) is 20.7 Å². The van der Waals surface area contributed by atoms with Crippen LogP contribution in [0.25, 0.3) is 5.70 Å². The molecule has 1 saturated carbocycles. The number of hydrogen-bond donors (Lipinski definition) is 3. The molecule has 26 heavy (non-hydrogen) atoms. The molecule has 1 amide bonds. The Kier molecular flexibility index (Phi) is 7.08. The minimum absolute atomic E-state index is 0.132. The minimum atomic E-state index is -0.558. The van der Waals surface area contributed by atoms with E-state index in [2.05, 4.69) is 15.0 Å². The topological polar surface area (TPSA) is 116 Å². The molecule has 0 bridgehead atoms. The van der Waals surface area contributed by atoms with E-state index < -0.39 is 6.09 Å². The van der Waals surface area contributed by atoms with Gasteiger partial charge in [0.2, 0.25) is 0 Å². The molecule has 0 atom stereocenters. The number of methoxy groups -OCH3 is 1. The van der Waals surface area contributed by atoms with Crippen LogP contribution in [0.15, 0.2) is 17.8 Å². The number of aromatic nitrogens is 1. The molecule has 0 unspecified atom stereocenters. The second-order valence-corrected chi connectivity index (χ2v) is 6.47. The number of nitrogens with two attached hydrogens (primary N) is 2. The molecule has 1 aliphatic carbocycles. The molecule has 2 rings (SSSR count). The number of pyridine rings is 1. The first-order valence-electron chi connectivity index (χ1n) is 8.86. The third-order valence-electron chi connectivity index (χ3n) is 4.48. The molecule has 1 fully saturated rings. The van der Waals surface area contributed by atoms with E-state index in [4.69, 9.17) is 16.3 Å². The number of ether oxygens (including phenoxy) is 2. The molecular weight excluding hydrogens is 334 g/mol. The molecule has 0 aromatic carbocycles. The average Bonchev–Trinajstić information content (AvgIpc) is 2.63. The molecule has 144 valence electrons. The SMILES string of the molecule is COC(=O)NC/C(=C(/N)c1ccc(OC2CCCCC2)c(C)n1)N(C)N. The van der Waals surface area contributed by atoms with Crippen molar-refractivity contribution < 1.29 is 14.3 Å². The quantitative estimate of drug-likeness (QED) is 0.522. The van der Waals surface area contributed by atoms with Crippen molar-refractivity contribution in [3.8, 4) is 5.75 Å². The normalized spacial score (nSPS) is 15.8. The fourth-order valence-electron chi connectivity index (χ4n) is 2.97. The van der Waals surface area contributed by atoms with Crippen LogP contribution in [-0.4, -0.2) is 42.9 Å². The van der Waals surface area contributed by atoms with Crippen molar-refractivity contribution in [1.29, 1.82) is 0 Å². The zero-order chi connectivity index (χ0) is 19.1. The van der Waals surface area contributed by atoms with E-state index in [9.17, 15) is 4.79 Å². The van der Waals surface area contributed by atoms with E-state index in [1.165, 1.54) is 31.4 Å². The van der Waals surface area contributed by atoms with Gasteiger partial charge in [-0.15, -0.1) is 0 Å². The van der Waals surface area contributed by atoms with Crippen LogP contribution in [0, 0.1) is 6.92 Å². The van der Waals surface area contributed by atoms with Gasteiger partial charge in [0.1, 0.15) is 5.75 Å². The lowest BCUT2D eigenvalue weighted by Crippen LogP contribution is -2.36. The zero-order valence-electron chi connectivity index (χ0n) is 15.7. The highest BCUT2D eigenvalue weighted by Gasteiger charge is 2.17. The van der Waals surface area contributed by atoms with Gasteiger partial charge < -0.3 is 25.5 Å². The molecule has 0 radical (unpaired) electrons. The Morgan fingerprint density at radius 2 is 2.04 bits per heavy atom. The number of nitrogens with one attached hydrogen (secondary N) is 1. The number of rotatable bonds is 6. The van der Waals surface area contributed by atoms with Gasteiger partial charge >= 0.3 is 6.09 Å². The second kappa shape index (κ2) is 9.28. The number of carbonyl (C=O) groups excluding carboxylic acids is 1. The summed E-state index contributed by atoms with van der Waals surface area (Å²) >= 11 is 0. The Balaban J connectivity index is 2.16. The summed E-state index contributed by atoms with van der Waals surface area (Å²) in [4.78, 5) is 15.9. The predicted octanol–water partition coefficient (Wildman–Crippen LogP) is 1.89. The fourth-order valence-corrected chi connectivity index (χ4v) is 2.97. The number of amides is 1. The van der Waals surface area contributed by atoms with Gasteiger partial charge in [-0.3, -0.25) is 0 Å². The number of carbonyl (C=O) groups is 1. The molecule has 1 heterocycles. The minimum Gasteiger partial charge on any atom is -0.489 e. The van der Waals surface area contributed by atoms with Crippen LogP contribution in [0.5, 0.6) is 5.75 Å². The number of hydrazine groups is 1. The standard InChI is InChI=1S/C18H29N5O3/c1-12-16(26-13-7-5-4-6-8-13)10-9-14(22-12)17(19)15(23(2)20)11-21-18(24)25-3/h9-10,13H,4-8,11,19-20H2,1-3H3,(H,21,24)/b17-15-. The maximum Gasteiger partial charge on any atom is 0.407 e. The number of likely N-dealkylation sites (N-methyl/N-ethyl adjacent to an activating group) is 1. The second-order valence-electron chi connectivity index (χ2n) is 6.47. The monoisotopic (exact) mass is 363 g/mol. The fraction of sp³-hybridized carbons (Fsp3) is 0.556. The van der Waals surface area contributed by atoms with Crippen LogP contribution in [0.1, 0.15) is 43.5 Å². The summed E-state index contributed by atoms with van der Waals surface area (Å²) in [5.41, 5.74) is 8.51. The van der Waals surface area contributed by atoms with E-state index in [0.717, 1.165) is 24.3 Å². The molecule has 1 aliphatic rings. The van der Waals surface area contributed by atoms with Crippen LogP contribution in [-0.2, 0) is 4.74 Å². The Labute approximate surface area is 154 Å². The lowest BCUT2D eigenvalue weighted by atomic mass is 9.98. The van der Waals surface area contributed by atoms with E-state index in [1.54, 1.807) is 7.05 Å². The van der Waals surface area contributed by atoms with Gasteiger partial charge in [0, 0.05) is 7.05 Å². The smallest absolute Gasteiger partial charge is 0.407 e. The van der Waals surface area contributed by atoms with Crippen LogP contribution in [0.2, 0.25) is 0 Å². The van der Waals surface area contributed by atoms with Crippen LogP contribution < -0.4 is 21.6 Å². The summed E-state index contributed by atoms with van der Waals surface area (Å²) in [5, 5.41) is 3.93. The van der Waals surface area contributed by atoms with Gasteiger partial charge in [0.15, 0.2) is 0 Å². The van der Waals surface area contributed by atoms with Gasteiger partial charge in [-0.05, 0) is 44.7 Å². The zero-order valence-corrected chi connectivity index (χ0v) is 15.7. The molecule has 1 aromatic heterocycles. The number of alkyl carbamates (subject to hydrolysis) is 1. The molecule has 0 aliphatic heterocycles. The molecule has 0 saturated heterocycles. The third-order valence-corrected chi connectivity index (χ3v) is 4.48. The van der Waals surface area contributed by atoms with Crippen molar-refractivity contribution in [3.63, 3.8) is 0 Å². The van der Waals surface area contributed by atoms with Crippen LogP contribution in [0.4, 0.5) is 4.79 Å². The summed E-state index contributed by atoms with van der Waals surface area (Å²) < 4.78 is 10.7. The summed E-state index contributed by atoms with van der Waals surface area (Å²) in [7, 11) is 2.94. The summed E-state index contributed by atoms with van der Waals surface area (Å²) in [5.74, 6) is 6.63. The van der Waals surface area contributed by atoms with Gasteiger partial charge in [-0.1, -0.05) is 6.42 Å². The molecular formula is C18H29N5O3. The highest BCUT2D eigenvalue weighted by Crippen LogP contribution is 2.26. The molecule has 0 spiro atoms. The van der Waals surface area contributed by atoms with Crippen LogP contribution in [0.3, 0.4) is 0 Å². The largest absolute Gasteiger partial charge is 0.489 e. The third kappa shape index (κ3) is 5.26. The van der Waals surface area contributed by atoms with E-state index in [-0.39, 0.29) is 12.6 Å². The molecule has 8 nitrogen and oxygen atoms in total. The summed E-state index contributed by atoms with van der Waals surface area (Å²) in [6.07, 6.45) is 5.59. The van der Waals surface area contributed by atoms with Crippen molar-refractivity contribution in [2.45, 2.75) is 45.1 Å². The maximum absolute atomic E-state index is 11.3. The molecule has 5 N–H and O–H groups in total. The number of aryl methyl sites for hydroxylation is 1. The average molecular weight is 363 g/mol. The van der Waals surface area contributed by atoms with Gasteiger partial charge in [-0.2, -0.15) is 0 Å². The van der Waals surface area contributed by atoms with Crippen molar-refractivity contribution in [3.05, 3.63) is 29.2 Å². The van der Waals surface area contributed by atoms with Crippen molar-refractivity contribution >= 4 is 11.8 Å². The van der Waals surface area contributed by atoms with Crippen LogP contribution >= 0.6 is 0 Å². The Bertz CT molecular complexity index is 654. The lowest BCUT2D eigenvalue weighted by Gasteiger charge is -2.24. The van der Waals surface area contributed by atoms with Crippen molar-refractivity contribution in [1.82, 2.24) is 15.3 Å². The summed E-state index contributed by atoms with van der Waals surface area (Å²) in [6.45, 7) is 2.03. The highest BCUT2D eigenvalue weighted by atomic mass is 16.5. The van der Waals surface area contributed by atoms with Crippen molar-refractivity contribution in [2.24, 2.45) is 11.6 Å². The Morgan fingerprint density at radius 1 is 1.35 bits per heavy atom. The van der Waals surface area contributed by atoms with E-state index in [1.807, 2.05) is 19.1 Å². The Hall–Kier alpha value is -2.48. The van der Waals surface area contributed by atoms with E-state index in [0.29, 0.717) is 17.1 Å². The molecule has 8 heteroatoms. The van der Waals surface area contributed by atoms with Gasteiger partial charge in [0.05, 0.1) is 42.5 Å². The van der Waals surface area contributed by atoms with Gasteiger partial charge in [0.25, 0.3) is 0 Å². The molecule has 1 aromatic rings. The first kappa shape index (κ1) is 19.8. The van der Waals surface area contributed by atoms with E-state index >= 15 is 0 Å². The Morgan fingerprint density at radius 3 is 2.62 bits per heavy atom. The first-order chi connectivity index (χ1) is 12.4. The predicted molar refractivity (Wildman–Crippen MR) is 99.9 cm³/mol. The number of hydrogen-bond acceptors (Lipinski definition) is 7. The summed E-state index contributed by atoms with van der Waals surface area (Å²) in [6, 6.07) is 3.70. The maximum atomic E-state index is 11.3. The highest BCUT2D eigenvalue weighted by molar-refractivity contribution is 5.69. The number of nitrogens with zero attached hydrogens (tertiary/aromatic N) is 2. The first-order valence-corrected chi connectivity index (χ1v) is 8.86. The van der Waals surface area contributed by atoms with Gasteiger partial charge in [-0.25, -0.2) is 15.6 Å². The lowest BCUT2D eigenvalue weighted by molar-refractivity contribution is 0.153.